The van der Waals surface area contributed by atoms with Gasteiger partial charge in [-0.15, -0.1) is 0 Å². The maximum atomic E-state index is 13.2. The van der Waals surface area contributed by atoms with Crippen LogP contribution in [0.15, 0.2) is 60.8 Å². The summed E-state index contributed by atoms with van der Waals surface area (Å²) >= 11 is 0. The van der Waals surface area contributed by atoms with E-state index >= 15 is 0 Å². The third kappa shape index (κ3) is 4.25. The zero-order valence-corrected chi connectivity index (χ0v) is 16.1. The molecule has 0 atom stereocenters. The molecular formula is C23H20FN3O3. The van der Waals surface area contributed by atoms with Gasteiger partial charge in [-0.25, -0.2) is 4.39 Å². The van der Waals surface area contributed by atoms with Gasteiger partial charge in [-0.1, -0.05) is 18.2 Å². The van der Waals surface area contributed by atoms with Crippen LogP contribution in [-0.2, 0) is 17.8 Å². The molecule has 3 aromatic carbocycles. The molecule has 0 unspecified atom stereocenters. The molecule has 0 saturated heterocycles. The van der Waals surface area contributed by atoms with Gasteiger partial charge >= 0.3 is 5.97 Å². The number of aromatic amines is 1. The highest BCUT2D eigenvalue weighted by molar-refractivity contribution is 5.87. The summed E-state index contributed by atoms with van der Waals surface area (Å²) in [5.74, 6) is -0.678. The van der Waals surface area contributed by atoms with E-state index in [0.717, 1.165) is 33.2 Å². The van der Waals surface area contributed by atoms with Crippen molar-refractivity contribution < 1.29 is 19.0 Å². The summed E-state index contributed by atoms with van der Waals surface area (Å²) in [6.07, 6.45) is 2.10. The molecule has 0 saturated carbocycles. The number of aryl methyl sites for hydroxylation is 1. The second-order valence-corrected chi connectivity index (χ2v) is 7.04. The number of carboxylic acid groups (broad SMARTS) is 1. The highest BCUT2D eigenvalue weighted by atomic mass is 19.1. The molecule has 0 aliphatic carbocycles. The van der Waals surface area contributed by atoms with Crippen LogP contribution in [0.25, 0.3) is 22.0 Å². The first-order valence-electron chi connectivity index (χ1n) is 9.44. The Bertz CT molecular complexity index is 1200. The summed E-state index contributed by atoms with van der Waals surface area (Å²) in [4.78, 5) is 11.0. The molecule has 0 aliphatic heterocycles. The lowest BCUT2D eigenvalue weighted by molar-refractivity contribution is -0.136. The lowest BCUT2D eigenvalue weighted by Crippen LogP contribution is -2.03. The second kappa shape index (κ2) is 8.24. The topological polar surface area (TPSA) is 101 Å². The molecule has 4 aromatic rings. The number of nitrogens with one attached hydrogen (secondary N) is 1. The molecule has 4 rings (SSSR count). The minimum atomic E-state index is -0.869. The predicted molar refractivity (Wildman–Crippen MR) is 113 cm³/mol. The van der Waals surface area contributed by atoms with E-state index in [2.05, 4.69) is 10.2 Å². The van der Waals surface area contributed by atoms with Crippen LogP contribution in [-0.4, -0.2) is 21.3 Å². The number of hydrogen-bond acceptors (Lipinski definition) is 4. The Kier molecular flexibility index (Phi) is 5.34. The highest BCUT2D eigenvalue weighted by Gasteiger charge is 2.15. The van der Waals surface area contributed by atoms with E-state index in [1.165, 1.54) is 12.1 Å². The molecule has 1 heterocycles. The Morgan fingerprint density at radius 3 is 2.67 bits per heavy atom. The lowest BCUT2D eigenvalue weighted by Gasteiger charge is -2.16. The fourth-order valence-electron chi connectivity index (χ4n) is 3.33. The first-order valence-corrected chi connectivity index (χ1v) is 9.44. The number of ether oxygens (including phenoxy) is 1. The molecule has 7 heteroatoms. The van der Waals surface area contributed by atoms with Crippen LogP contribution < -0.4 is 10.5 Å². The van der Waals surface area contributed by atoms with Crippen molar-refractivity contribution in [1.82, 2.24) is 10.2 Å². The minimum Gasteiger partial charge on any atom is -0.486 e. The minimum absolute atomic E-state index is 0.00935. The molecule has 4 N–H and O–H groups in total. The summed E-state index contributed by atoms with van der Waals surface area (Å²) < 4.78 is 19.2. The Balaban J connectivity index is 1.72. The molecule has 6 nitrogen and oxygen atoms in total. The number of benzene rings is 3. The molecule has 152 valence electrons. The smallest absolute Gasteiger partial charge is 0.303 e. The van der Waals surface area contributed by atoms with Crippen LogP contribution in [0.4, 0.5) is 10.1 Å². The quantitative estimate of drug-likeness (QED) is 0.392. The Morgan fingerprint density at radius 2 is 1.90 bits per heavy atom. The fraction of sp³-hybridized carbons (Fsp3) is 0.130. The SMILES string of the molecule is Nc1cc(CCC(=O)O)cc(-c2ccc3[nH]ncc3c2)c1OCc1ccc(F)cc1. The summed E-state index contributed by atoms with van der Waals surface area (Å²) in [5.41, 5.74) is 10.9. The number of H-pyrrole nitrogens is 1. The van der Waals surface area contributed by atoms with Crippen molar-refractivity contribution in [3.05, 3.63) is 77.7 Å². The second-order valence-electron chi connectivity index (χ2n) is 7.04. The van der Waals surface area contributed by atoms with Crippen molar-refractivity contribution in [1.29, 1.82) is 0 Å². The van der Waals surface area contributed by atoms with Crippen LogP contribution in [0.5, 0.6) is 5.75 Å². The molecule has 0 radical (unpaired) electrons. The van der Waals surface area contributed by atoms with Crippen LogP contribution in [0, 0.1) is 5.82 Å². The van der Waals surface area contributed by atoms with Gasteiger partial charge in [0.1, 0.15) is 12.4 Å². The number of aliphatic carboxylic acids is 1. The fourth-order valence-corrected chi connectivity index (χ4v) is 3.33. The number of carbonyl (C=O) groups is 1. The molecule has 30 heavy (non-hydrogen) atoms. The number of nitrogen functional groups attached to an aromatic ring is 1. The molecule has 0 aliphatic rings. The monoisotopic (exact) mass is 405 g/mol. The lowest BCUT2D eigenvalue weighted by atomic mass is 9.97. The van der Waals surface area contributed by atoms with Gasteiger partial charge in [-0.05, 0) is 59.5 Å². The van der Waals surface area contributed by atoms with E-state index in [4.69, 9.17) is 15.6 Å². The normalized spacial score (nSPS) is 11.0. The Morgan fingerprint density at radius 1 is 1.10 bits per heavy atom. The largest absolute Gasteiger partial charge is 0.486 e. The van der Waals surface area contributed by atoms with E-state index < -0.39 is 5.97 Å². The number of nitrogens with zero attached hydrogens (tertiary/aromatic N) is 1. The van der Waals surface area contributed by atoms with E-state index in [9.17, 15) is 9.18 Å². The van der Waals surface area contributed by atoms with Crippen molar-refractivity contribution in [3.63, 3.8) is 0 Å². The molecule has 0 amide bonds. The standard InChI is InChI=1S/C23H20FN3O3/c24-18-5-1-14(2-6-18)13-30-23-19(9-15(10-20(23)25)3-8-22(28)29)16-4-7-21-17(11-16)12-26-27-21/h1-2,4-7,9-12H,3,8,13,25H2,(H,26,27)(H,28,29). The number of carboxylic acids is 1. The van der Waals surface area contributed by atoms with Crippen molar-refractivity contribution in [2.45, 2.75) is 19.4 Å². The number of anilines is 1. The number of halogens is 1. The molecule has 1 aromatic heterocycles. The van der Waals surface area contributed by atoms with Gasteiger partial charge in [0, 0.05) is 17.4 Å². The third-order valence-electron chi connectivity index (χ3n) is 4.85. The molecular weight excluding hydrogens is 385 g/mol. The van der Waals surface area contributed by atoms with Crippen LogP contribution in [0.2, 0.25) is 0 Å². The maximum absolute atomic E-state index is 13.2. The molecule has 0 fully saturated rings. The van der Waals surface area contributed by atoms with Crippen molar-refractivity contribution in [3.8, 4) is 16.9 Å². The van der Waals surface area contributed by atoms with Gasteiger partial charge in [0.25, 0.3) is 0 Å². The zero-order chi connectivity index (χ0) is 21.1. The van der Waals surface area contributed by atoms with Gasteiger partial charge in [0.15, 0.2) is 5.75 Å². The number of aromatic nitrogens is 2. The van der Waals surface area contributed by atoms with E-state index in [-0.39, 0.29) is 18.8 Å². The Labute approximate surface area is 172 Å². The summed E-state index contributed by atoms with van der Waals surface area (Å²) in [7, 11) is 0. The van der Waals surface area contributed by atoms with Gasteiger partial charge in [-0.2, -0.15) is 5.10 Å². The van der Waals surface area contributed by atoms with Crippen molar-refractivity contribution in [2.75, 3.05) is 5.73 Å². The van der Waals surface area contributed by atoms with Crippen molar-refractivity contribution >= 4 is 22.6 Å². The number of hydrogen-bond donors (Lipinski definition) is 3. The summed E-state index contributed by atoms with van der Waals surface area (Å²) in [5, 5.41) is 16.9. The van der Waals surface area contributed by atoms with Crippen molar-refractivity contribution in [2.24, 2.45) is 0 Å². The number of nitrogens with two attached hydrogens (primary N) is 1. The van der Waals surface area contributed by atoms with Gasteiger partial charge in [0.05, 0.1) is 17.4 Å². The van der Waals surface area contributed by atoms with Gasteiger partial charge < -0.3 is 15.6 Å². The first kappa shape index (κ1) is 19.4. The van der Waals surface area contributed by atoms with Crippen LogP contribution in [0.3, 0.4) is 0 Å². The van der Waals surface area contributed by atoms with E-state index in [0.29, 0.717) is 17.9 Å². The van der Waals surface area contributed by atoms with Crippen LogP contribution >= 0.6 is 0 Å². The Hall–Kier alpha value is -3.87. The average Bonchev–Trinajstić information content (AvgIpc) is 3.20. The van der Waals surface area contributed by atoms with Gasteiger partial charge in [0.2, 0.25) is 0 Å². The van der Waals surface area contributed by atoms with E-state index in [1.807, 2.05) is 24.3 Å². The average molecular weight is 405 g/mol. The maximum Gasteiger partial charge on any atom is 0.303 e. The first-order chi connectivity index (χ1) is 14.5. The third-order valence-corrected chi connectivity index (χ3v) is 4.85. The van der Waals surface area contributed by atoms with Gasteiger partial charge in [-0.3, -0.25) is 9.89 Å². The zero-order valence-electron chi connectivity index (χ0n) is 16.1. The number of fused-ring (bicyclic) bond motifs is 1. The molecule has 0 bridgehead atoms. The number of rotatable bonds is 7. The summed E-state index contributed by atoms with van der Waals surface area (Å²) in [6, 6.07) is 15.5. The van der Waals surface area contributed by atoms with Crippen LogP contribution in [0.1, 0.15) is 17.5 Å². The van der Waals surface area contributed by atoms with E-state index in [1.54, 1.807) is 24.4 Å². The summed E-state index contributed by atoms with van der Waals surface area (Å²) in [6.45, 7) is 0.222. The highest BCUT2D eigenvalue weighted by Crippen LogP contribution is 2.38. The predicted octanol–water partition coefficient (Wildman–Crippen LogP) is 4.55. The molecule has 0 spiro atoms.